The molecule has 1 aromatic carbocycles. The van der Waals surface area contributed by atoms with Crippen LogP contribution in [0.3, 0.4) is 0 Å². The van der Waals surface area contributed by atoms with E-state index in [0.717, 1.165) is 16.8 Å². The molecule has 1 atom stereocenters. The molecule has 1 fully saturated rings. The van der Waals surface area contributed by atoms with E-state index in [2.05, 4.69) is 41.3 Å². The lowest BCUT2D eigenvalue weighted by atomic mass is 10.1. The molecule has 1 saturated heterocycles. The van der Waals surface area contributed by atoms with Gasteiger partial charge in [-0.25, -0.2) is 13.4 Å². The van der Waals surface area contributed by atoms with Crippen molar-refractivity contribution in [3.8, 4) is 0 Å². The molecule has 6 nitrogen and oxygen atoms in total. The van der Waals surface area contributed by atoms with Gasteiger partial charge in [0.25, 0.3) is 0 Å². The largest absolute Gasteiger partial charge is 0.340 e. The third-order valence-corrected chi connectivity index (χ3v) is 6.37. The standard InChI is InChI=1S/C18H24N4O2S/c1-4-22(15-9-11-25(23,24)12-15)18-19-10-8-16(21-18)20-17-13(2)6-5-7-14(17)3/h5-8,10,15H,4,9,11-12H2,1-3H3,(H,19,20,21). The van der Waals surface area contributed by atoms with E-state index in [9.17, 15) is 8.42 Å². The molecular weight excluding hydrogens is 336 g/mol. The molecule has 1 aliphatic heterocycles. The first-order chi connectivity index (χ1) is 11.9. The second-order valence-electron chi connectivity index (χ2n) is 6.48. The molecule has 1 aliphatic rings. The van der Waals surface area contributed by atoms with Crippen LogP contribution in [0, 0.1) is 13.8 Å². The highest BCUT2D eigenvalue weighted by molar-refractivity contribution is 7.91. The Labute approximate surface area is 149 Å². The highest BCUT2D eigenvalue weighted by Gasteiger charge is 2.32. The molecule has 1 unspecified atom stereocenters. The summed E-state index contributed by atoms with van der Waals surface area (Å²) in [7, 11) is -2.94. The van der Waals surface area contributed by atoms with Crippen LogP contribution in [-0.4, -0.2) is 42.5 Å². The summed E-state index contributed by atoms with van der Waals surface area (Å²) in [5, 5.41) is 3.37. The number of hydrogen-bond acceptors (Lipinski definition) is 6. The Balaban J connectivity index is 1.85. The molecule has 2 heterocycles. The monoisotopic (exact) mass is 360 g/mol. The van der Waals surface area contributed by atoms with Crippen molar-refractivity contribution in [3.63, 3.8) is 0 Å². The van der Waals surface area contributed by atoms with Gasteiger partial charge in [-0.1, -0.05) is 18.2 Å². The summed E-state index contributed by atoms with van der Waals surface area (Å²) in [6, 6.07) is 7.92. The Kier molecular flexibility index (Phi) is 4.94. The average molecular weight is 360 g/mol. The minimum Gasteiger partial charge on any atom is -0.340 e. The van der Waals surface area contributed by atoms with Crippen molar-refractivity contribution in [2.45, 2.75) is 33.2 Å². The van der Waals surface area contributed by atoms with Crippen LogP contribution in [0.4, 0.5) is 17.5 Å². The van der Waals surface area contributed by atoms with Gasteiger partial charge in [-0.2, -0.15) is 4.98 Å². The van der Waals surface area contributed by atoms with Crippen LogP contribution in [0.2, 0.25) is 0 Å². The minimum atomic E-state index is -2.94. The second-order valence-corrected chi connectivity index (χ2v) is 8.71. The zero-order valence-electron chi connectivity index (χ0n) is 14.9. The predicted octanol–water partition coefficient (Wildman–Crippen LogP) is 2.85. The SMILES string of the molecule is CCN(c1nccc(Nc2c(C)cccc2C)n1)C1CCS(=O)(=O)C1. The van der Waals surface area contributed by atoms with Gasteiger partial charge >= 0.3 is 0 Å². The lowest BCUT2D eigenvalue weighted by molar-refractivity contribution is 0.599. The molecule has 7 heteroatoms. The Morgan fingerprint density at radius 1 is 1.24 bits per heavy atom. The predicted molar refractivity (Wildman–Crippen MR) is 101 cm³/mol. The molecule has 1 aromatic heterocycles. The molecular formula is C18H24N4O2S. The van der Waals surface area contributed by atoms with Crippen LogP contribution >= 0.6 is 0 Å². The summed E-state index contributed by atoms with van der Waals surface area (Å²) in [4.78, 5) is 11.0. The molecule has 25 heavy (non-hydrogen) atoms. The maximum atomic E-state index is 11.8. The van der Waals surface area contributed by atoms with Crippen molar-refractivity contribution in [1.29, 1.82) is 0 Å². The maximum absolute atomic E-state index is 11.8. The van der Waals surface area contributed by atoms with Gasteiger partial charge in [0.15, 0.2) is 9.84 Å². The average Bonchev–Trinajstić information content (AvgIpc) is 2.92. The first-order valence-corrected chi connectivity index (χ1v) is 10.3. The van der Waals surface area contributed by atoms with E-state index < -0.39 is 9.84 Å². The number of benzene rings is 1. The molecule has 0 bridgehead atoms. The number of rotatable bonds is 5. The fraction of sp³-hybridized carbons (Fsp3) is 0.444. The summed E-state index contributed by atoms with van der Waals surface area (Å²) in [6.07, 6.45) is 2.35. The number of aromatic nitrogens is 2. The van der Waals surface area contributed by atoms with Crippen molar-refractivity contribution in [3.05, 3.63) is 41.6 Å². The first kappa shape index (κ1) is 17.7. The number of nitrogens with one attached hydrogen (secondary N) is 1. The van der Waals surface area contributed by atoms with Crippen LogP contribution in [0.15, 0.2) is 30.5 Å². The zero-order valence-corrected chi connectivity index (χ0v) is 15.7. The quantitative estimate of drug-likeness (QED) is 0.884. The van der Waals surface area contributed by atoms with E-state index >= 15 is 0 Å². The number of sulfone groups is 1. The number of nitrogens with zero attached hydrogens (tertiary/aromatic N) is 3. The van der Waals surface area contributed by atoms with Gasteiger partial charge in [0, 0.05) is 24.5 Å². The third-order valence-electron chi connectivity index (χ3n) is 4.62. The van der Waals surface area contributed by atoms with Gasteiger partial charge in [0.1, 0.15) is 5.82 Å². The molecule has 1 N–H and O–H groups in total. The van der Waals surface area contributed by atoms with E-state index in [1.54, 1.807) is 6.20 Å². The van der Waals surface area contributed by atoms with Crippen molar-refractivity contribution in [2.24, 2.45) is 0 Å². The Bertz CT molecular complexity index is 847. The molecule has 0 saturated carbocycles. The van der Waals surface area contributed by atoms with Crippen LogP contribution < -0.4 is 10.2 Å². The molecule has 0 aliphatic carbocycles. The van der Waals surface area contributed by atoms with Crippen LogP contribution in [0.5, 0.6) is 0 Å². The highest BCUT2D eigenvalue weighted by Crippen LogP contribution is 2.26. The van der Waals surface area contributed by atoms with Crippen LogP contribution in [-0.2, 0) is 9.84 Å². The van der Waals surface area contributed by atoms with Crippen molar-refractivity contribution < 1.29 is 8.42 Å². The Morgan fingerprint density at radius 2 is 1.96 bits per heavy atom. The Hall–Kier alpha value is -2.15. The van der Waals surface area contributed by atoms with E-state index in [0.29, 0.717) is 24.7 Å². The van der Waals surface area contributed by atoms with Gasteiger partial charge in [0.2, 0.25) is 5.95 Å². The van der Waals surface area contributed by atoms with E-state index in [1.165, 1.54) is 0 Å². The summed E-state index contributed by atoms with van der Waals surface area (Å²) < 4.78 is 23.6. The van der Waals surface area contributed by atoms with E-state index in [-0.39, 0.29) is 17.5 Å². The van der Waals surface area contributed by atoms with Crippen molar-refractivity contribution in [2.75, 3.05) is 28.3 Å². The molecule has 0 radical (unpaired) electrons. The normalized spacial score (nSPS) is 18.9. The van der Waals surface area contributed by atoms with Gasteiger partial charge < -0.3 is 10.2 Å². The molecule has 134 valence electrons. The van der Waals surface area contributed by atoms with E-state index in [4.69, 9.17) is 0 Å². The van der Waals surface area contributed by atoms with Gasteiger partial charge in [-0.15, -0.1) is 0 Å². The Morgan fingerprint density at radius 3 is 2.56 bits per heavy atom. The minimum absolute atomic E-state index is 0.0505. The summed E-state index contributed by atoms with van der Waals surface area (Å²) >= 11 is 0. The second kappa shape index (κ2) is 7.00. The van der Waals surface area contributed by atoms with Gasteiger partial charge in [-0.3, -0.25) is 0 Å². The third kappa shape index (κ3) is 3.92. The lowest BCUT2D eigenvalue weighted by Crippen LogP contribution is -2.37. The van der Waals surface area contributed by atoms with Crippen molar-refractivity contribution >= 4 is 27.3 Å². The number of anilines is 3. The van der Waals surface area contributed by atoms with Crippen LogP contribution in [0.25, 0.3) is 0 Å². The summed E-state index contributed by atoms with van der Waals surface area (Å²) in [6.45, 7) is 6.78. The fourth-order valence-corrected chi connectivity index (χ4v) is 5.01. The van der Waals surface area contributed by atoms with Gasteiger partial charge in [0.05, 0.1) is 11.5 Å². The molecule has 0 amide bonds. The molecule has 3 rings (SSSR count). The lowest BCUT2D eigenvalue weighted by Gasteiger charge is -2.27. The maximum Gasteiger partial charge on any atom is 0.227 e. The summed E-state index contributed by atoms with van der Waals surface area (Å²) in [5.41, 5.74) is 3.34. The topological polar surface area (TPSA) is 75.2 Å². The summed E-state index contributed by atoms with van der Waals surface area (Å²) in [5.74, 6) is 1.70. The molecule has 0 spiro atoms. The number of para-hydroxylation sites is 1. The smallest absolute Gasteiger partial charge is 0.227 e. The first-order valence-electron chi connectivity index (χ1n) is 8.53. The van der Waals surface area contributed by atoms with Crippen molar-refractivity contribution in [1.82, 2.24) is 9.97 Å². The van der Waals surface area contributed by atoms with E-state index in [1.807, 2.05) is 24.0 Å². The zero-order chi connectivity index (χ0) is 18.0. The number of hydrogen-bond donors (Lipinski definition) is 1. The number of aryl methyl sites for hydroxylation is 2. The highest BCUT2D eigenvalue weighted by atomic mass is 32.2. The fourth-order valence-electron chi connectivity index (χ4n) is 3.28. The van der Waals surface area contributed by atoms with Crippen LogP contribution in [0.1, 0.15) is 24.5 Å². The van der Waals surface area contributed by atoms with Gasteiger partial charge in [-0.05, 0) is 44.4 Å². The molecule has 2 aromatic rings.